The molecule has 0 N–H and O–H groups in total. The second-order valence-electron chi connectivity index (χ2n) is 4.75. The number of nitrogens with zero attached hydrogens (tertiary/aromatic N) is 1. The van der Waals surface area contributed by atoms with Crippen LogP contribution < -0.4 is 0 Å². The van der Waals surface area contributed by atoms with Crippen molar-refractivity contribution in [2.24, 2.45) is 0 Å². The predicted octanol–water partition coefficient (Wildman–Crippen LogP) is 3.58. The molecule has 1 heteroatoms. The van der Waals surface area contributed by atoms with Crippen molar-refractivity contribution < 1.29 is 0 Å². The summed E-state index contributed by atoms with van der Waals surface area (Å²) >= 11 is 0. The minimum Gasteiger partial charge on any atom is -0.261 e. The van der Waals surface area contributed by atoms with Crippen molar-refractivity contribution in [2.45, 2.75) is 27.2 Å². The molecule has 0 aliphatic heterocycles. The number of hydrogen-bond donors (Lipinski definition) is 0. The summed E-state index contributed by atoms with van der Waals surface area (Å²) in [5, 5.41) is 0. The van der Waals surface area contributed by atoms with Crippen LogP contribution in [0, 0.1) is 20.8 Å². The zero-order valence-corrected chi connectivity index (χ0v) is 9.96. The SMILES string of the molecule is Cc1cc2c(cn1)Cc1cc(C)c(C)cc1-2. The molecule has 0 saturated carbocycles. The lowest BCUT2D eigenvalue weighted by atomic mass is 10.00. The topological polar surface area (TPSA) is 12.9 Å². The molecule has 0 saturated heterocycles. The number of aromatic nitrogens is 1. The molecule has 2 aromatic rings. The van der Waals surface area contributed by atoms with Gasteiger partial charge in [-0.05, 0) is 60.2 Å². The van der Waals surface area contributed by atoms with Crippen molar-refractivity contribution in [1.82, 2.24) is 4.98 Å². The highest BCUT2D eigenvalue weighted by Gasteiger charge is 2.19. The highest BCUT2D eigenvalue weighted by molar-refractivity contribution is 5.77. The zero-order chi connectivity index (χ0) is 11.3. The first-order valence-corrected chi connectivity index (χ1v) is 5.71. The van der Waals surface area contributed by atoms with Crippen molar-refractivity contribution in [3.63, 3.8) is 0 Å². The highest BCUT2D eigenvalue weighted by atomic mass is 14.7. The average molecular weight is 209 g/mol. The second-order valence-corrected chi connectivity index (χ2v) is 4.75. The molecule has 1 aromatic heterocycles. The van der Waals surface area contributed by atoms with Gasteiger partial charge < -0.3 is 0 Å². The smallest absolute Gasteiger partial charge is 0.0379 e. The molecule has 0 spiro atoms. The van der Waals surface area contributed by atoms with Gasteiger partial charge in [-0.1, -0.05) is 12.1 Å². The minimum absolute atomic E-state index is 1.04. The van der Waals surface area contributed by atoms with Gasteiger partial charge in [0.2, 0.25) is 0 Å². The molecule has 1 heterocycles. The quantitative estimate of drug-likeness (QED) is 0.551. The number of pyridine rings is 1. The van der Waals surface area contributed by atoms with Crippen LogP contribution in [0.15, 0.2) is 24.4 Å². The Morgan fingerprint density at radius 1 is 0.875 bits per heavy atom. The molecular weight excluding hydrogens is 194 g/mol. The van der Waals surface area contributed by atoms with Gasteiger partial charge in [0.25, 0.3) is 0 Å². The van der Waals surface area contributed by atoms with Crippen LogP contribution in [0.1, 0.15) is 27.9 Å². The third-order valence-corrected chi connectivity index (χ3v) is 3.51. The molecule has 0 atom stereocenters. The van der Waals surface area contributed by atoms with Crippen molar-refractivity contribution in [2.75, 3.05) is 0 Å². The van der Waals surface area contributed by atoms with Crippen LogP contribution in [0.3, 0.4) is 0 Å². The summed E-state index contributed by atoms with van der Waals surface area (Å²) in [6.07, 6.45) is 3.06. The Morgan fingerprint density at radius 3 is 2.38 bits per heavy atom. The molecule has 1 nitrogen and oxygen atoms in total. The monoisotopic (exact) mass is 209 g/mol. The zero-order valence-electron chi connectivity index (χ0n) is 9.96. The molecule has 1 aliphatic rings. The van der Waals surface area contributed by atoms with Gasteiger partial charge in [0.05, 0.1) is 0 Å². The Balaban J connectivity index is 2.28. The normalized spacial score (nSPS) is 12.4. The first kappa shape index (κ1) is 9.59. The molecule has 16 heavy (non-hydrogen) atoms. The highest BCUT2D eigenvalue weighted by Crippen LogP contribution is 2.37. The van der Waals surface area contributed by atoms with Crippen LogP contribution in [0.2, 0.25) is 0 Å². The van der Waals surface area contributed by atoms with Crippen molar-refractivity contribution in [3.8, 4) is 11.1 Å². The number of fused-ring (bicyclic) bond motifs is 3. The molecule has 80 valence electrons. The van der Waals surface area contributed by atoms with Gasteiger partial charge >= 0.3 is 0 Å². The van der Waals surface area contributed by atoms with E-state index in [4.69, 9.17) is 0 Å². The van der Waals surface area contributed by atoms with E-state index in [0.29, 0.717) is 0 Å². The van der Waals surface area contributed by atoms with Gasteiger partial charge in [0.1, 0.15) is 0 Å². The molecule has 1 aromatic carbocycles. The molecule has 0 amide bonds. The maximum absolute atomic E-state index is 4.38. The summed E-state index contributed by atoms with van der Waals surface area (Å²) in [7, 11) is 0. The fourth-order valence-electron chi connectivity index (χ4n) is 2.46. The Hall–Kier alpha value is -1.63. The third kappa shape index (κ3) is 1.28. The van der Waals surface area contributed by atoms with Crippen LogP contribution >= 0.6 is 0 Å². The van der Waals surface area contributed by atoms with Crippen molar-refractivity contribution >= 4 is 0 Å². The van der Waals surface area contributed by atoms with E-state index in [2.05, 4.69) is 44.0 Å². The largest absolute Gasteiger partial charge is 0.261 e. The predicted molar refractivity (Wildman–Crippen MR) is 66.7 cm³/mol. The summed E-state index contributed by atoms with van der Waals surface area (Å²) in [6, 6.07) is 6.84. The molecule has 1 aliphatic carbocycles. The Morgan fingerprint density at radius 2 is 1.56 bits per heavy atom. The molecule has 0 fully saturated rings. The average Bonchev–Trinajstić information content (AvgIpc) is 2.57. The Bertz CT molecular complexity index is 582. The summed E-state index contributed by atoms with van der Waals surface area (Å²) in [4.78, 5) is 4.38. The molecular formula is C15H15N. The molecule has 0 bridgehead atoms. The van der Waals surface area contributed by atoms with Crippen LogP contribution in [0.25, 0.3) is 11.1 Å². The van der Waals surface area contributed by atoms with Crippen LogP contribution in [0.4, 0.5) is 0 Å². The molecule has 3 rings (SSSR count). The Labute approximate surface area is 96.2 Å². The van der Waals surface area contributed by atoms with E-state index in [9.17, 15) is 0 Å². The summed E-state index contributed by atoms with van der Waals surface area (Å²) in [5.41, 5.74) is 9.47. The van der Waals surface area contributed by atoms with E-state index in [1.165, 1.54) is 33.4 Å². The third-order valence-electron chi connectivity index (χ3n) is 3.51. The van der Waals surface area contributed by atoms with E-state index in [1.807, 2.05) is 6.20 Å². The van der Waals surface area contributed by atoms with Gasteiger partial charge in [0, 0.05) is 18.3 Å². The van der Waals surface area contributed by atoms with Crippen molar-refractivity contribution in [3.05, 3.63) is 52.3 Å². The number of aryl methyl sites for hydroxylation is 3. The summed E-state index contributed by atoms with van der Waals surface area (Å²) in [6.45, 7) is 6.42. The lowest BCUT2D eigenvalue weighted by molar-refractivity contribution is 1.14. The van der Waals surface area contributed by atoms with E-state index in [1.54, 1.807) is 0 Å². The minimum atomic E-state index is 1.04. The lowest BCUT2D eigenvalue weighted by Gasteiger charge is -2.06. The number of rotatable bonds is 0. The van der Waals surface area contributed by atoms with E-state index in [0.717, 1.165) is 12.1 Å². The lowest BCUT2D eigenvalue weighted by Crippen LogP contribution is -1.86. The van der Waals surface area contributed by atoms with E-state index in [-0.39, 0.29) is 0 Å². The van der Waals surface area contributed by atoms with Gasteiger partial charge in [-0.2, -0.15) is 0 Å². The van der Waals surface area contributed by atoms with Crippen LogP contribution in [-0.4, -0.2) is 4.98 Å². The van der Waals surface area contributed by atoms with Gasteiger partial charge in [-0.3, -0.25) is 4.98 Å². The number of benzene rings is 1. The van der Waals surface area contributed by atoms with Crippen LogP contribution in [-0.2, 0) is 6.42 Å². The summed E-state index contributed by atoms with van der Waals surface area (Å²) in [5.74, 6) is 0. The van der Waals surface area contributed by atoms with Gasteiger partial charge in [0.15, 0.2) is 0 Å². The number of hydrogen-bond acceptors (Lipinski definition) is 1. The maximum Gasteiger partial charge on any atom is 0.0379 e. The summed E-state index contributed by atoms with van der Waals surface area (Å²) < 4.78 is 0. The van der Waals surface area contributed by atoms with E-state index >= 15 is 0 Å². The Kier molecular flexibility index (Phi) is 1.90. The van der Waals surface area contributed by atoms with Crippen molar-refractivity contribution in [1.29, 1.82) is 0 Å². The first-order chi connectivity index (χ1) is 7.65. The molecule has 0 unspecified atom stereocenters. The second kappa shape index (κ2) is 3.18. The first-order valence-electron chi connectivity index (χ1n) is 5.71. The molecule has 0 radical (unpaired) electrons. The fourth-order valence-corrected chi connectivity index (χ4v) is 2.46. The van der Waals surface area contributed by atoms with Gasteiger partial charge in [-0.25, -0.2) is 0 Å². The maximum atomic E-state index is 4.38. The fraction of sp³-hybridized carbons (Fsp3) is 0.267. The standard InChI is InChI=1S/C15H15N/c1-9-4-12-7-13-8-16-11(3)6-15(13)14(12)5-10(9)2/h4-6,8H,7H2,1-3H3. The van der Waals surface area contributed by atoms with Gasteiger partial charge in [-0.15, -0.1) is 0 Å². The van der Waals surface area contributed by atoms with Crippen LogP contribution in [0.5, 0.6) is 0 Å². The van der Waals surface area contributed by atoms with E-state index < -0.39 is 0 Å².